The molecule has 0 spiro atoms. The molecule has 4 aliphatic rings. The van der Waals surface area contributed by atoms with Crippen LogP contribution in [0.2, 0.25) is 0 Å². The minimum Gasteiger partial charge on any atom is -0.0622 e. The fourth-order valence-electron chi connectivity index (χ4n) is 11.4. The first-order valence-corrected chi connectivity index (χ1v) is 21.2. The molecule has 9 aromatic rings. The van der Waals surface area contributed by atoms with Gasteiger partial charge >= 0.3 is 0 Å². The lowest BCUT2D eigenvalue weighted by molar-refractivity contribution is 1.00. The number of hydrogen-bond donors (Lipinski definition) is 0. The summed E-state index contributed by atoms with van der Waals surface area (Å²) in [4.78, 5) is 0. The number of benzene rings is 9. The minimum atomic E-state index is 0.219. The van der Waals surface area contributed by atoms with Crippen LogP contribution in [0.15, 0.2) is 206 Å². The fourth-order valence-corrected chi connectivity index (χ4v) is 11.4. The maximum absolute atomic E-state index is 2.60. The summed E-state index contributed by atoms with van der Waals surface area (Å²) in [5.41, 5.74) is 27.6. The van der Waals surface area contributed by atoms with Gasteiger partial charge in [0.1, 0.15) is 0 Å². The molecule has 1 fully saturated rings. The Hall–Kier alpha value is -7.02. The first-order valence-electron chi connectivity index (χ1n) is 21.2. The molecule has 0 amide bonds. The maximum Gasteiger partial charge on any atom is 0.0352 e. The zero-order valence-electron chi connectivity index (χ0n) is 32.6. The largest absolute Gasteiger partial charge is 0.0622 e. The van der Waals surface area contributed by atoms with Crippen molar-refractivity contribution in [1.29, 1.82) is 0 Å². The van der Waals surface area contributed by atoms with Crippen molar-refractivity contribution in [3.63, 3.8) is 0 Å². The Kier molecular flexibility index (Phi) is 7.13. The van der Waals surface area contributed by atoms with Crippen molar-refractivity contribution < 1.29 is 0 Å². The molecule has 276 valence electrons. The van der Waals surface area contributed by atoms with E-state index in [1.165, 1.54) is 111 Å². The van der Waals surface area contributed by atoms with E-state index >= 15 is 0 Å². The molecule has 0 N–H and O–H groups in total. The molecule has 0 saturated heterocycles. The van der Waals surface area contributed by atoms with Crippen LogP contribution in [-0.2, 0) is 6.42 Å². The van der Waals surface area contributed by atoms with E-state index in [1.54, 1.807) is 0 Å². The second kappa shape index (κ2) is 12.7. The van der Waals surface area contributed by atoms with Crippen molar-refractivity contribution in [3.05, 3.63) is 251 Å². The van der Waals surface area contributed by atoms with Crippen LogP contribution in [0.4, 0.5) is 0 Å². The summed E-state index contributed by atoms with van der Waals surface area (Å²) >= 11 is 0. The van der Waals surface area contributed by atoms with Gasteiger partial charge in [0.15, 0.2) is 0 Å². The van der Waals surface area contributed by atoms with Gasteiger partial charge in [0.2, 0.25) is 0 Å². The Labute approximate surface area is 346 Å². The Bertz CT molecular complexity index is 3140. The quantitative estimate of drug-likeness (QED) is 0.164. The van der Waals surface area contributed by atoms with Crippen molar-refractivity contribution in [2.24, 2.45) is 0 Å². The highest BCUT2D eigenvalue weighted by Crippen LogP contribution is 2.72. The molecule has 4 atom stereocenters. The average Bonchev–Trinajstić information content (AvgIpc) is 3.84. The number of fused-ring (bicyclic) bond motifs is 12. The summed E-state index contributed by atoms with van der Waals surface area (Å²) in [5.74, 6) is 1.51. The standard InChI is InChI=1S/C59H40/c1-4-15-36(16-5-1)39-27-28-40-29-43-34-54-53(35-52(43)51(40)33-39)46-21-10-11-22-47(46)58-56(59(54)58)44-31-41(37-17-6-2-7-18-37)30-42(32-44)45-25-14-26-50-55(38-19-8-3-9-20-38)48-23-12-13-24-49(48)57(45)50/h1-28,30-35,55-56,58-59H,29H2/t55?,56-,58?,59?/m1/s1. The van der Waals surface area contributed by atoms with Gasteiger partial charge in [-0.25, -0.2) is 0 Å². The van der Waals surface area contributed by atoms with Gasteiger partial charge < -0.3 is 0 Å². The van der Waals surface area contributed by atoms with E-state index in [1.807, 2.05) is 0 Å². The third-order valence-electron chi connectivity index (χ3n) is 14.0. The summed E-state index contributed by atoms with van der Waals surface area (Å²) in [5, 5.41) is 0. The Morgan fingerprint density at radius 2 is 0.881 bits per heavy atom. The number of rotatable bonds is 5. The van der Waals surface area contributed by atoms with E-state index < -0.39 is 0 Å². The average molecular weight is 749 g/mol. The van der Waals surface area contributed by atoms with Crippen molar-refractivity contribution in [1.82, 2.24) is 0 Å². The van der Waals surface area contributed by atoms with E-state index in [-0.39, 0.29) is 5.92 Å². The molecule has 4 aliphatic carbocycles. The summed E-state index contributed by atoms with van der Waals surface area (Å²) in [6.07, 6.45) is 0.995. The predicted octanol–water partition coefficient (Wildman–Crippen LogP) is 15.1. The second-order valence-corrected chi connectivity index (χ2v) is 17.1. The normalized spacial score (nSPS) is 18.4. The number of hydrogen-bond acceptors (Lipinski definition) is 0. The predicted molar refractivity (Wildman–Crippen MR) is 244 cm³/mol. The Balaban J connectivity index is 0.966. The Morgan fingerprint density at radius 3 is 1.68 bits per heavy atom. The van der Waals surface area contributed by atoms with Crippen molar-refractivity contribution >= 4 is 0 Å². The van der Waals surface area contributed by atoms with Crippen molar-refractivity contribution in [2.45, 2.75) is 30.1 Å². The molecule has 0 heterocycles. The molecule has 9 aromatic carbocycles. The monoisotopic (exact) mass is 748 g/mol. The van der Waals surface area contributed by atoms with Crippen LogP contribution in [0, 0.1) is 0 Å². The molecular formula is C59H40. The summed E-state index contributed by atoms with van der Waals surface area (Å²) < 4.78 is 0. The molecule has 0 aromatic heterocycles. The first-order chi connectivity index (χ1) is 29.3. The van der Waals surface area contributed by atoms with E-state index in [0.29, 0.717) is 17.8 Å². The molecule has 3 unspecified atom stereocenters. The van der Waals surface area contributed by atoms with Crippen LogP contribution in [0.25, 0.3) is 66.8 Å². The lowest BCUT2D eigenvalue weighted by Crippen LogP contribution is -2.00. The smallest absolute Gasteiger partial charge is 0.0352 e. The van der Waals surface area contributed by atoms with Crippen LogP contribution in [0.5, 0.6) is 0 Å². The summed E-state index contributed by atoms with van der Waals surface area (Å²) in [6, 6.07) is 78.1. The highest BCUT2D eigenvalue weighted by Gasteiger charge is 2.56. The van der Waals surface area contributed by atoms with Crippen LogP contribution < -0.4 is 0 Å². The molecule has 0 aliphatic heterocycles. The SMILES string of the molecule is c1ccc(-c2cc(-c3cccc4c3-c3ccccc3C4c3ccccc3)cc([C@@H]3C4c5ccccc5-c5cc6c(cc5C43)Cc3ccc(-c4ccccc4)cc3-6)c2)cc1. The summed E-state index contributed by atoms with van der Waals surface area (Å²) in [6.45, 7) is 0. The first kappa shape index (κ1) is 33.0. The highest BCUT2D eigenvalue weighted by molar-refractivity contribution is 5.94. The molecule has 0 nitrogen and oxygen atoms in total. The van der Waals surface area contributed by atoms with Crippen LogP contribution >= 0.6 is 0 Å². The maximum atomic E-state index is 2.60. The lowest BCUT2D eigenvalue weighted by Gasteiger charge is -2.20. The molecule has 13 rings (SSSR count). The third-order valence-corrected chi connectivity index (χ3v) is 14.0. The van der Waals surface area contributed by atoms with Crippen molar-refractivity contribution in [3.8, 4) is 66.8 Å². The minimum absolute atomic E-state index is 0.219. The molecule has 0 heteroatoms. The van der Waals surface area contributed by atoms with Gasteiger partial charge in [-0.15, -0.1) is 0 Å². The second-order valence-electron chi connectivity index (χ2n) is 17.1. The zero-order chi connectivity index (χ0) is 38.6. The lowest BCUT2D eigenvalue weighted by atomic mass is 9.83. The Morgan fingerprint density at radius 1 is 0.271 bits per heavy atom. The molecule has 1 saturated carbocycles. The highest BCUT2D eigenvalue weighted by atomic mass is 14.6. The summed E-state index contributed by atoms with van der Waals surface area (Å²) in [7, 11) is 0. The van der Waals surface area contributed by atoms with Gasteiger partial charge in [-0.2, -0.15) is 0 Å². The molecule has 59 heavy (non-hydrogen) atoms. The van der Waals surface area contributed by atoms with Crippen LogP contribution in [0.3, 0.4) is 0 Å². The third kappa shape index (κ3) is 5.03. The van der Waals surface area contributed by atoms with Gasteiger partial charge in [0.05, 0.1) is 0 Å². The zero-order valence-corrected chi connectivity index (χ0v) is 32.6. The van der Waals surface area contributed by atoms with E-state index in [9.17, 15) is 0 Å². The topological polar surface area (TPSA) is 0 Å². The fraction of sp³-hybridized carbons (Fsp3) is 0.0847. The van der Waals surface area contributed by atoms with E-state index in [2.05, 4.69) is 206 Å². The van der Waals surface area contributed by atoms with Gasteiger partial charge in [0.25, 0.3) is 0 Å². The van der Waals surface area contributed by atoms with E-state index in [0.717, 1.165) is 6.42 Å². The van der Waals surface area contributed by atoms with Gasteiger partial charge in [-0.05, 0) is 154 Å². The van der Waals surface area contributed by atoms with Crippen LogP contribution in [0.1, 0.15) is 68.2 Å². The van der Waals surface area contributed by atoms with E-state index in [4.69, 9.17) is 0 Å². The van der Waals surface area contributed by atoms with Crippen LogP contribution in [-0.4, -0.2) is 0 Å². The van der Waals surface area contributed by atoms with Gasteiger partial charge in [-0.3, -0.25) is 0 Å². The van der Waals surface area contributed by atoms with Crippen molar-refractivity contribution in [2.75, 3.05) is 0 Å². The van der Waals surface area contributed by atoms with Gasteiger partial charge in [0, 0.05) is 5.92 Å². The molecule has 0 radical (unpaired) electrons. The molecular weight excluding hydrogens is 709 g/mol. The molecule has 0 bridgehead atoms. The van der Waals surface area contributed by atoms with Gasteiger partial charge in [-0.1, -0.05) is 188 Å².